The Labute approximate surface area is 164 Å². The van der Waals surface area contributed by atoms with Gasteiger partial charge in [0, 0.05) is 55.5 Å². The van der Waals surface area contributed by atoms with Gasteiger partial charge >= 0.3 is 0 Å². The molecule has 1 aliphatic rings. The Morgan fingerprint density at radius 1 is 1.11 bits per heavy atom. The van der Waals surface area contributed by atoms with Crippen LogP contribution in [-0.2, 0) is 6.54 Å². The van der Waals surface area contributed by atoms with Crippen molar-refractivity contribution in [2.75, 3.05) is 18.4 Å². The molecule has 1 fully saturated rings. The Bertz CT molecular complexity index is 902. The quantitative estimate of drug-likeness (QED) is 0.706. The van der Waals surface area contributed by atoms with E-state index in [-0.39, 0.29) is 6.04 Å². The Morgan fingerprint density at radius 3 is 2.61 bits per heavy atom. The van der Waals surface area contributed by atoms with Crippen molar-refractivity contribution in [2.24, 2.45) is 0 Å². The number of likely N-dealkylation sites (tertiary alicyclic amines) is 1. The lowest BCUT2D eigenvalue weighted by Gasteiger charge is -2.36. The molecule has 3 aromatic rings. The van der Waals surface area contributed by atoms with Crippen LogP contribution in [0.3, 0.4) is 0 Å². The fraction of sp³-hybridized carbons (Fsp3) is 0.333. The van der Waals surface area contributed by atoms with Gasteiger partial charge in [0.05, 0.1) is 12.1 Å². The number of aryl methyl sites for hydroxylation is 1. The van der Waals surface area contributed by atoms with Gasteiger partial charge in [0.15, 0.2) is 5.82 Å². The summed E-state index contributed by atoms with van der Waals surface area (Å²) in [5.74, 6) is 1.29. The topological polar surface area (TPSA) is 87.1 Å². The van der Waals surface area contributed by atoms with Crippen LogP contribution in [0.25, 0.3) is 11.4 Å². The first-order chi connectivity index (χ1) is 13.7. The molecule has 0 bridgehead atoms. The molecule has 144 valence electrons. The van der Waals surface area contributed by atoms with Gasteiger partial charge < -0.3 is 10.4 Å². The average molecular weight is 376 g/mol. The summed E-state index contributed by atoms with van der Waals surface area (Å²) in [4.78, 5) is 19.6. The number of aromatic nitrogens is 4. The minimum absolute atomic E-state index is 0.0430. The van der Waals surface area contributed by atoms with E-state index in [0.29, 0.717) is 12.5 Å². The molecular weight excluding hydrogens is 352 g/mol. The highest BCUT2D eigenvalue weighted by Crippen LogP contribution is 2.19. The van der Waals surface area contributed by atoms with Crippen molar-refractivity contribution in [1.82, 2.24) is 24.8 Å². The van der Waals surface area contributed by atoms with E-state index < -0.39 is 6.10 Å². The highest BCUT2D eigenvalue weighted by atomic mass is 16.3. The molecule has 3 heterocycles. The second-order valence-corrected chi connectivity index (χ2v) is 7.20. The maximum atomic E-state index is 10.5. The number of aliphatic hydroxyl groups is 1. The van der Waals surface area contributed by atoms with Crippen LogP contribution in [0.15, 0.2) is 55.1 Å². The van der Waals surface area contributed by atoms with E-state index in [1.54, 1.807) is 18.5 Å². The number of piperidine rings is 1. The number of anilines is 1. The highest BCUT2D eigenvalue weighted by Gasteiger charge is 2.28. The summed E-state index contributed by atoms with van der Waals surface area (Å²) in [6.07, 6.45) is 7.47. The highest BCUT2D eigenvalue weighted by molar-refractivity contribution is 5.55. The number of aliphatic hydroxyl groups excluding tert-OH is 1. The lowest BCUT2D eigenvalue weighted by Crippen LogP contribution is -2.49. The van der Waals surface area contributed by atoms with Crippen molar-refractivity contribution in [3.8, 4) is 11.4 Å². The lowest BCUT2D eigenvalue weighted by molar-refractivity contribution is 0.0558. The molecule has 2 N–H and O–H groups in total. The number of rotatable bonds is 5. The van der Waals surface area contributed by atoms with E-state index in [9.17, 15) is 5.11 Å². The number of hydrogen-bond donors (Lipinski definition) is 2. The number of nitrogens with one attached hydrogen (secondary N) is 1. The molecule has 0 unspecified atom stereocenters. The number of hydrogen-bond acceptors (Lipinski definition) is 7. The second-order valence-electron chi connectivity index (χ2n) is 7.20. The molecule has 0 radical (unpaired) electrons. The summed E-state index contributed by atoms with van der Waals surface area (Å²) < 4.78 is 0. The molecule has 0 spiro atoms. The molecule has 1 aromatic carbocycles. The SMILES string of the molecule is Cc1cccc(-c2ncc(CN3CC[C@@H](Nc4ncccn4)[C@H](O)C3)cn2)c1. The molecule has 7 heteroatoms. The van der Waals surface area contributed by atoms with Crippen LogP contribution < -0.4 is 5.32 Å². The Hall–Kier alpha value is -2.90. The predicted molar refractivity (Wildman–Crippen MR) is 108 cm³/mol. The first kappa shape index (κ1) is 18.5. The molecule has 2 aromatic heterocycles. The van der Waals surface area contributed by atoms with Gasteiger partial charge in [-0.1, -0.05) is 23.8 Å². The van der Waals surface area contributed by atoms with Crippen LogP contribution >= 0.6 is 0 Å². The van der Waals surface area contributed by atoms with E-state index in [4.69, 9.17) is 0 Å². The van der Waals surface area contributed by atoms with E-state index in [2.05, 4.69) is 49.2 Å². The van der Waals surface area contributed by atoms with Gasteiger partial charge in [-0.15, -0.1) is 0 Å². The monoisotopic (exact) mass is 376 g/mol. The molecule has 4 rings (SSSR count). The smallest absolute Gasteiger partial charge is 0.222 e. The fourth-order valence-corrected chi connectivity index (χ4v) is 3.48. The third-order valence-corrected chi connectivity index (χ3v) is 4.93. The first-order valence-electron chi connectivity index (χ1n) is 9.49. The Balaban J connectivity index is 1.34. The maximum absolute atomic E-state index is 10.5. The first-order valence-corrected chi connectivity index (χ1v) is 9.49. The average Bonchev–Trinajstić information content (AvgIpc) is 2.71. The third-order valence-electron chi connectivity index (χ3n) is 4.93. The maximum Gasteiger partial charge on any atom is 0.222 e. The molecule has 28 heavy (non-hydrogen) atoms. The molecule has 0 amide bonds. The van der Waals surface area contributed by atoms with Gasteiger partial charge in [0.1, 0.15) is 0 Å². The normalized spacial score (nSPS) is 20.1. The zero-order chi connectivity index (χ0) is 19.3. The molecular formula is C21H24N6O. The second kappa shape index (κ2) is 8.41. The summed E-state index contributed by atoms with van der Waals surface area (Å²) in [5.41, 5.74) is 3.26. The largest absolute Gasteiger partial charge is 0.390 e. The van der Waals surface area contributed by atoms with Gasteiger partial charge in [-0.3, -0.25) is 4.90 Å². The standard InChI is InChI=1S/C21H24N6O/c1-15-4-2-5-17(10-15)20-24-11-16(12-25-20)13-27-9-6-18(19(28)14-27)26-21-22-7-3-8-23-21/h2-5,7-8,10-12,18-19,28H,6,9,13-14H2,1H3,(H,22,23,26)/t18-,19-/m1/s1. The van der Waals surface area contributed by atoms with Crippen molar-refractivity contribution in [1.29, 1.82) is 0 Å². The minimum atomic E-state index is -0.481. The number of benzene rings is 1. The van der Waals surface area contributed by atoms with Crippen molar-refractivity contribution in [2.45, 2.75) is 32.0 Å². The summed E-state index contributed by atoms with van der Waals surface area (Å²) in [5, 5.41) is 13.7. The van der Waals surface area contributed by atoms with Gasteiger partial charge in [0.25, 0.3) is 0 Å². The van der Waals surface area contributed by atoms with Crippen LogP contribution in [0.4, 0.5) is 5.95 Å². The molecule has 0 saturated carbocycles. The van der Waals surface area contributed by atoms with E-state index in [1.165, 1.54) is 5.56 Å². The van der Waals surface area contributed by atoms with Crippen molar-refractivity contribution >= 4 is 5.95 Å². The Kier molecular flexibility index (Phi) is 5.55. The molecule has 2 atom stereocenters. The number of β-amino-alcohol motifs (C(OH)–C–C–N with tert-alkyl or cyclic N) is 1. The Morgan fingerprint density at radius 2 is 1.89 bits per heavy atom. The molecule has 1 aliphatic heterocycles. The van der Waals surface area contributed by atoms with Gasteiger partial charge in [-0.05, 0) is 25.5 Å². The van der Waals surface area contributed by atoms with Crippen LogP contribution in [0.5, 0.6) is 0 Å². The molecule has 0 aliphatic carbocycles. The van der Waals surface area contributed by atoms with Crippen molar-refractivity contribution in [3.05, 3.63) is 66.2 Å². The van der Waals surface area contributed by atoms with E-state index in [1.807, 2.05) is 24.5 Å². The van der Waals surface area contributed by atoms with Crippen LogP contribution in [0.2, 0.25) is 0 Å². The number of nitrogens with zero attached hydrogens (tertiary/aromatic N) is 5. The van der Waals surface area contributed by atoms with Crippen LogP contribution in [0, 0.1) is 6.92 Å². The third kappa shape index (κ3) is 4.49. The summed E-state index contributed by atoms with van der Waals surface area (Å²) in [7, 11) is 0. The lowest BCUT2D eigenvalue weighted by atomic mass is 10.0. The van der Waals surface area contributed by atoms with Gasteiger partial charge in [-0.25, -0.2) is 19.9 Å². The summed E-state index contributed by atoms with van der Waals surface area (Å²) in [6.45, 7) is 4.25. The van der Waals surface area contributed by atoms with Crippen LogP contribution in [0.1, 0.15) is 17.5 Å². The predicted octanol–water partition coefficient (Wildman–Crippen LogP) is 2.29. The summed E-state index contributed by atoms with van der Waals surface area (Å²) >= 11 is 0. The minimum Gasteiger partial charge on any atom is -0.390 e. The van der Waals surface area contributed by atoms with E-state index in [0.717, 1.165) is 36.5 Å². The molecule has 1 saturated heterocycles. The van der Waals surface area contributed by atoms with Crippen LogP contribution in [-0.4, -0.2) is 55.2 Å². The van der Waals surface area contributed by atoms with E-state index >= 15 is 0 Å². The van der Waals surface area contributed by atoms with Crippen molar-refractivity contribution < 1.29 is 5.11 Å². The van der Waals surface area contributed by atoms with Gasteiger partial charge in [0.2, 0.25) is 5.95 Å². The fourth-order valence-electron chi connectivity index (χ4n) is 3.48. The summed E-state index contributed by atoms with van der Waals surface area (Å²) in [6, 6.07) is 9.91. The zero-order valence-corrected chi connectivity index (χ0v) is 15.9. The zero-order valence-electron chi connectivity index (χ0n) is 15.9. The van der Waals surface area contributed by atoms with Gasteiger partial charge in [-0.2, -0.15) is 0 Å². The molecule has 7 nitrogen and oxygen atoms in total. The van der Waals surface area contributed by atoms with Crippen molar-refractivity contribution in [3.63, 3.8) is 0 Å².